The number of hydrogen-bond donors (Lipinski definition) is 1. The standard InChI is InChI=1S/C16H19FN2O/c1-11(2)20-15-6-4-5-14(16(15)18)19(3)13-9-7-12(17)8-10-13/h4-11H,18H2,1-3H3. The molecule has 0 heterocycles. The molecule has 20 heavy (non-hydrogen) atoms. The first-order chi connectivity index (χ1) is 9.49. The molecule has 2 aromatic carbocycles. The predicted octanol–water partition coefficient (Wildman–Crippen LogP) is 3.96. The number of nitrogen functional groups attached to an aromatic ring is 1. The van der Waals surface area contributed by atoms with Gasteiger partial charge in [0.05, 0.1) is 17.5 Å². The Morgan fingerprint density at radius 1 is 1.10 bits per heavy atom. The lowest BCUT2D eigenvalue weighted by atomic mass is 10.2. The Kier molecular flexibility index (Phi) is 4.13. The van der Waals surface area contributed by atoms with Gasteiger partial charge in [0.25, 0.3) is 0 Å². The Balaban J connectivity index is 2.34. The first kappa shape index (κ1) is 14.2. The number of hydrogen-bond acceptors (Lipinski definition) is 3. The Labute approximate surface area is 118 Å². The van der Waals surface area contributed by atoms with Crippen LogP contribution in [0.4, 0.5) is 21.5 Å². The lowest BCUT2D eigenvalue weighted by Gasteiger charge is -2.23. The summed E-state index contributed by atoms with van der Waals surface area (Å²) in [5.74, 6) is 0.401. The van der Waals surface area contributed by atoms with Crippen LogP contribution in [0.5, 0.6) is 5.75 Å². The van der Waals surface area contributed by atoms with E-state index in [1.54, 1.807) is 12.1 Å². The van der Waals surface area contributed by atoms with Crippen molar-refractivity contribution in [3.63, 3.8) is 0 Å². The van der Waals surface area contributed by atoms with E-state index in [4.69, 9.17) is 10.5 Å². The van der Waals surface area contributed by atoms with E-state index in [0.717, 1.165) is 11.4 Å². The maximum absolute atomic E-state index is 13.0. The van der Waals surface area contributed by atoms with Gasteiger partial charge in [-0.3, -0.25) is 0 Å². The van der Waals surface area contributed by atoms with Crippen LogP contribution in [0.1, 0.15) is 13.8 Å². The van der Waals surface area contributed by atoms with E-state index in [1.165, 1.54) is 12.1 Å². The molecule has 0 unspecified atom stereocenters. The maximum atomic E-state index is 13.0. The highest BCUT2D eigenvalue weighted by atomic mass is 19.1. The van der Waals surface area contributed by atoms with Crippen molar-refractivity contribution < 1.29 is 9.13 Å². The molecule has 3 nitrogen and oxygen atoms in total. The van der Waals surface area contributed by atoms with Gasteiger partial charge in [-0.1, -0.05) is 6.07 Å². The molecule has 4 heteroatoms. The number of nitrogens with zero attached hydrogens (tertiary/aromatic N) is 1. The molecule has 0 spiro atoms. The van der Waals surface area contributed by atoms with E-state index >= 15 is 0 Å². The van der Waals surface area contributed by atoms with Gasteiger partial charge in [0.1, 0.15) is 11.6 Å². The molecule has 0 atom stereocenters. The van der Waals surface area contributed by atoms with E-state index in [0.29, 0.717) is 11.4 Å². The number of para-hydroxylation sites is 1. The summed E-state index contributed by atoms with van der Waals surface area (Å²) in [6, 6.07) is 11.9. The summed E-state index contributed by atoms with van der Waals surface area (Å²) in [7, 11) is 1.89. The second-order valence-corrected chi connectivity index (χ2v) is 4.89. The minimum Gasteiger partial charge on any atom is -0.489 e. The summed E-state index contributed by atoms with van der Waals surface area (Å²) in [6.45, 7) is 3.91. The summed E-state index contributed by atoms with van der Waals surface area (Å²) in [4.78, 5) is 1.90. The van der Waals surface area contributed by atoms with Crippen LogP contribution in [0, 0.1) is 5.82 Å². The Bertz CT molecular complexity index is 582. The molecular formula is C16H19FN2O. The Morgan fingerprint density at radius 2 is 1.75 bits per heavy atom. The van der Waals surface area contributed by atoms with Gasteiger partial charge in [-0.2, -0.15) is 0 Å². The molecule has 0 aliphatic rings. The van der Waals surface area contributed by atoms with Gasteiger partial charge in [0.15, 0.2) is 0 Å². The molecule has 0 radical (unpaired) electrons. The van der Waals surface area contributed by atoms with Crippen molar-refractivity contribution in [2.24, 2.45) is 0 Å². The fraction of sp³-hybridized carbons (Fsp3) is 0.250. The summed E-state index contributed by atoms with van der Waals surface area (Å²) in [6.07, 6.45) is 0.0590. The van der Waals surface area contributed by atoms with Gasteiger partial charge in [0.2, 0.25) is 0 Å². The average Bonchev–Trinajstić information content (AvgIpc) is 2.41. The van der Waals surface area contributed by atoms with Crippen molar-refractivity contribution in [1.29, 1.82) is 0 Å². The van der Waals surface area contributed by atoms with E-state index < -0.39 is 0 Å². The van der Waals surface area contributed by atoms with Crippen LogP contribution in [0.2, 0.25) is 0 Å². The van der Waals surface area contributed by atoms with E-state index in [-0.39, 0.29) is 11.9 Å². The fourth-order valence-corrected chi connectivity index (χ4v) is 1.99. The molecule has 0 amide bonds. The van der Waals surface area contributed by atoms with E-state index in [9.17, 15) is 4.39 Å². The molecule has 0 saturated carbocycles. The molecule has 0 aliphatic heterocycles. The summed E-state index contributed by atoms with van der Waals surface area (Å²) in [5, 5.41) is 0. The number of ether oxygens (including phenoxy) is 1. The van der Waals surface area contributed by atoms with Crippen LogP contribution in [-0.2, 0) is 0 Å². The second-order valence-electron chi connectivity index (χ2n) is 4.89. The molecule has 2 N–H and O–H groups in total. The molecule has 0 aliphatic carbocycles. The third-order valence-electron chi connectivity index (χ3n) is 2.98. The van der Waals surface area contributed by atoms with Crippen LogP contribution in [0.3, 0.4) is 0 Å². The van der Waals surface area contributed by atoms with Crippen LogP contribution >= 0.6 is 0 Å². The normalized spacial score (nSPS) is 10.7. The highest BCUT2D eigenvalue weighted by Crippen LogP contribution is 2.35. The van der Waals surface area contributed by atoms with Crippen LogP contribution in [0.25, 0.3) is 0 Å². The zero-order valence-corrected chi connectivity index (χ0v) is 11.9. The number of halogens is 1. The molecule has 0 aromatic heterocycles. The number of rotatable bonds is 4. The third-order valence-corrected chi connectivity index (χ3v) is 2.98. The van der Waals surface area contributed by atoms with E-state index in [2.05, 4.69) is 0 Å². The zero-order valence-electron chi connectivity index (χ0n) is 11.9. The highest BCUT2D eigenvalue weighted by Gasteiger charge is 2.12. The lowest BCUT2D eigenvalue weighted by Crippen LogP contribution is -2.13. The minimum absolute atomic E-state index is 0.0590. The molecule has 0 bridgehead atoms. The van der Waals surface area contributed by atoms with Crippen molar-refractivity contribution in [2.75, 3.05) is 17.7 Å². The number of nitrogens with two attached hydrogens (primary N) is 1. The van der Waals surface area contributed by atoms with Crippen molar-refractivity contribution in [1.82, 2.24) is 0 Å². The SMILES string of the molecule is CC(C)Oc1cccc(N(C)c2ccc(F)cc2)c1N. The van der Waals surface area contributed by atoms with Crippen LogP contribution < -0.4 is 15.4 Å². The molecule has 0 fully saturated rings. The van der Waals surface area contributed by atoms with Crippen LogP contribution in [-0.4, -0.2) is 13.2 Å². The van der Waals surface area contributed by atoms with Gasteiger partial charge in [-0.25, -0.2) is 4.39 Å². The quantitative estimate of drug-likeness (QED) is 0.857. The van der Waals surface area contributed by atoms with Crippen molar-refractivity contribution in [3.8, 4) is 5.75 Å². The predicted molar refractivity (Wildman–Crippen MR) is 81.1 cm³/mol. The molecule has 106 valence electrons. The van der Waals surface area contributed by atoms with Crippen molar-refractivity contribution in [2.45, 2.75) is 20.0 Å². The van der Waals surface area contributed by atoms with Crippen molar-refractivity contribution in [3.05, 3.63) is 48.3 Å². The average molecular weight is 274 g/mol. The van der Waals surface area contributed by atoms with Gasteiger partial charge in [0, 0.05) is 12.7 Å². The smallest absolute Gasteiger partial charge is 0.144 e. The first-order valence-electron chi connectivity index (χ1n) is 6.53. The molecular weight excluding hydrogens is 255 g/mol. The van der Waals surface area contributed by atoms with E-state index in [1.807, 2.05) is 44.0 Å². The zero-order chi connectivity index (χ0) is 14.7. The third kappa shape index (κ3) is 3.02. The minimum atomic E-state index is -0.257. The lowest BCUT2D eigenvalue weighted by molar-refractivity contribution is 0.244. The van der Waals surface area contributed by atoms with Gasteiger partial charge in [-0.15, -0.1) is 0 Å². The Morgan fingerprint density at radius 3 is 2.35 bits per heavy atom. The summed E-state index contributed by atoms with van der Waals surface area (Å²) >= 11 is 0. The first-order valence-corrected chi connectivity index (χ1v) is 6.53. The van der Waals surface area contributed by atoms with Gasteiger partial charge >= 0.3 is 0 Å². The van der Waals surface area contributed by atoms with Crippen molar-refractivity contribution >= 4 is 17.1 Å². The van der Waals surface area contributed by atoms with Gasteiger partial charge in [-0.05, 0) is 50.2 Å². The highest BCUT2D eigenvalue weighted by molar-refractivity contribution is 5.78. The monoisotopic (exact) mass is 274 g/mol. The second kappa shape index (κ2) is 5.82. The molecule has 0 saturated heterocycles. The fourth-order valence-electron chi connectivity index (χ4n) is 1.99. The summed E-state index contributed by atoms with van der Waals surface area (Å²) < 4.78 is 18.7. The largest absolute Gasteiger partial charge is 0.489 e. The summed E-state index contributed by atoms with van der Waals surface area (Å²) in [5.41, 5.74) is 8.43. The molecule has 2 rings (SSSR count). The topological polar surface area (TPSA) is 38.5 Å². The number of benzene rings is 2. The number of anilines is 3. The van der Waals surface area contributed by atoms with Gasteiger partial charge < -0.3 is 15.4 Å². The Hall–Kier alpha value is -2.23. The molecule has 2 aromatic rings. The van der Waals surface area contributed by atoms with Crippen LogP contribution in [0.15, 0.2) is 42.5 Å². The maximum Gasteiger partial charge on any atom is 0.144 e.